The topological polar surface area (TPSA) is 55.4 Å². The molecule has 0 aliphatic rings. The first kappa shape index (κ1) is 17.0. The molecule has 0 spiro atoms. The summed E-state index contributed by atoms with van der Waals surface area (Å²) in [6, 6.07) is 5.36. The highest BCUT2D eigenvalue weighted by atomic mass is 32.2. The molecular formula is C15H25NO3S. The standard InChI is InChI=1S/C15H25NO3S/c1-6-19-14-8-7-13(12(4)5)9-15(14)20(17,18)16-10-11(2)3/h7-9,11-12,16H,6,10H2,1-5H3. The first-order valence-electron chi connectivity index (χ1n) is 7.04. The predicted molar refractivity (Wildman–Crippen MR) is 81.7 cm³/mol. The lowest BCUT2D eigenvalue weighted by Gasteiger charge is -2.15. The van der Waals surface area contributed by atoms with Gasteiger partial charge >= 0.3 is 0 Å². The van der Waals surface area contributed by atoms with Gasteiger partial charge in [0.15, 0.2) is 0 Å². The van der Waals surface area contributed by atoms with E-state index in [1.807, 2.05) is 40.7 Å². The second kappa shape index (κ2) is 7.09. The van der Waals surface area contributed by atoms with Crippen LogP contribution in [-0.2, 0) is 10.0 Å². The van der Waals surface area contributed by atoms with Crippen LogP contribution in [0.4, 0.5) is 0 Å². The Hall–Kier alpha value is -1.07. The smallest absolute Gasteiger partial charge is 0.244 e. The van der Waals surface area contributed by atoms with Gasteiger partial charge in [0.05, 0.1) is 6.61 Å². The van der Waals surface area contributed by atoms with Gasteiger partial charge in [0.25, 0.3) is 0 Å². The third-order valence-corrected chi connectivity index (χ3v) is 4.35. The van der Waals surface area contributed by atoms with E-state index in [1.54, 1.807) is 12.1 Å². The number of ether oxygens (including phenoxy) is 1. The highest BCUT2D eigenvalue weighted by Crippen LogP contribution is 2.28. The molecule has 5 heteroatoms. The van der Waals surface area contributed by atoms with Gasteiger partial charge < -0.3 is 4.74 Å². The molecule has 0 aromatic heterocycles. The molecule has 114 valence electrons. The van der Waals surface area contributed by atoms with Crippen LogP contribution < -0.4 is 9.46 Å². The first-order valence-corrected chi connectivity index (χ1v) is 8.52. The van der Waals surface area contributed by atoms with Gasteiger partial charge in [-0.3, -0.25) is 0 Å². The van der Waals surface area contributed by atoms with E-state index >= 15 is 0 Å². The lowest BCUT2D eigenvalue weighted by molar-refractivity contribution is 0.330. The minimum absolute atomic E-state index is 0.228. The predicted octanol–water partition coefficient (Wildman–Crippen LogP) is 3.14. The molecule has 1 aromatic rings. The van der Waals surface area contributed by atoms with E-state index < -0.39 is 10.0 Å². The van der Waals surface area contributed by atoms with Crippen LogP contribution in [0.1, 0.15) is 46.1 Å². The average molecular weight is 299 g/mol. The number of sulfonamides is 1. The Kier molecular flexibility index (Phi) is 6.02. The maximum atomic E-state index is 12.4. The summed E-state index contributed by atoms with van der Waals surface area (Å²) in [4.78, 5) is 0.228. The van der Waals surface area contributed by atoms with Crippen molar-refractivity contribution in [1.29, 1.82) is 0 Å². The van der Waals surface area contributed by atoms with E-state index in [2.05, 4.69) is 4.72 Å². The fourth-order valence-corrected chi connectivity index (χ4v) is 3.11. The van der Waals surface area contributed by atoms with Gasteiger partial charge in [-0.2, -0.15) is 0 Å². The van der Waals surface area contributed by atoms with Crippen molar-refractivity contribution in [1.82, 2.24) is 4.72 Å². The van der Waals surface area contributed by atoms with Crippen molar-refractivity contribution in [2.24, 2.45) is 5.92 Å². The van der Waals surface area contributed by atoms with Crippen molar-refractivity contribution in [3.8, 4) is 5.75 Å². The molecule has 0 bridgehead atoms. The summed E-state index contributed by atoms with van der Waals surface area (Å²) >= 11 is 0. The highest BCUT2D eigenvalue weighted by Gasteiger charge is 2.21. The van der Waals surface area contributed by atoms with Crippen LogP contribution >= 0.6 is 0 Å². The molecule has 1 rings (SSSR count). The van der Waals surface area contributed by atoms with Crippen molar-refractivity contribution in [3.05, 3.63) is 23.8 Å². The van der Waals surface area contributed by atoms with Crippen LogP contribution in [0.2, 0.25) is 0 Å². The molecule has 20 heavy (non-hydrogen) atoms. The normalized spacial score (nSPS) is 12.2. The zero-order valence-electron chi connectivity index (χ0n) is 12.9. The van der Waals surface area contributed by atoms with Gasteiger partial charge in [-0.1, -0.05) is 33.8 Å². The quantitative estimate of drug-likeness (QED) is 0.841. The van der Waals surface area contributed by atoms with Crippen molar-refractivity contribution >= 4 is 10.0 Å². The number of nitrogens with one attached hydrogen (secondary N) is 1. The molecule has 0 saturated heterocycles. The fraction of sp³-hybridized carbons (Fsp3) is 0.600. The lowest BCUT2D eigenvalue weighted by Crippen LogP contribution is -2.28. The molecule has 0 unspecified atom stereocenters. The van der Waals surface area contributed by atoms with Crippen LogP contribution in [0, 0.1) is 5.92 Å². The minimum Gasteiger partial charge on any atom is -0.492 e. The Balaban J connectivity index is 3.20. The summed E-state index contributed by atoms with van der Waals surface area (Å²) in [7, 11) is -3.54. The van der Waals surface area contributed by atoms with Crippen molar-refractivity contribution < 1.29 is 13.2 Å². The minimum atomic E-state index is -3.54. The van der Waals surface area contributed by atoms with Gasteiger partial charge in [0.1, 0.15) is 10.6 Å². The Morgan fingerprint density at radius 2 is 1.85 bits per heavy atom. The second-order valence-electron chi connectivity index (χ2n) is 5.54. The third kappa shape index (κ3) is 4.49. The summed E-state index contributed by atoms with van der Waals surface area (Å²) < 4.78 is 32.9. The van der Waals surface area contributed by atoms with E-state index in [4.69, 9.17) is 4.74 Å². The molecule has 0 amide bonds. The average Bonchev–Trinajstić information content (AvgIpc) is 2.37. The summed E-state index contributed by atoms with van der Waals surface area (Å²) in [6.07, 6.45) is 0. The third-order valence-electron chi connectivity index (χ3n) is 2.91. The van der Waals surface area contributed by atoms with Crippen molar-refractivity contribution in [2.45, 2.75) is 45.4 Å². The first-order chi connectivity index (χ1) is 9.27. The van der Waals surface area contributed by atoms with Crippen LogP contribution in [0.5, 0.6) is 5.75 Å². The highest BCUT2D eigenvalue weighted by molar-refractivity contribution is 7.89. The summed E-state index contributed by atoms with van der Waals surface area (Å²) in [5.41, 5.74) is 0.985. The van der Waals surface area contributed by atoms with Gasteiger partial charge in [0, 0.05) is 6.54 Å². The van der Waals surface area contributed by atoms with Gasteiger partial charge in [-0.05, 0) is 36.5 Å². The Morgan fingerprint density at radius 3 is 2.35 bits per heavy atom. The number of hydrogen-bond acceptors (Lipinski definition) is 3. The molecule has 0 aliphatic heterocycles. The summed E-state index contributed by atoms with van der Waals surface area (Å²) in [5.74, 6) is 0.937. The SMILES string of the molecule is CCOc1ccc(C(C)C)cc1S(=O)(=O)NCC(C)C. The van der Waals surface area contributed by atoms with E-state index in [-0.39, 0.29) is 16.7 Å². The van der Waals surface area contributed by atoms with E-state index in [1.165, 1.54) is 0 Å². The van der Waals surface area contributed by atoms with Crippen LogP contribution in [0.3, 0.4) is 0 Å². The molecule has 0 fully saturated rings. The maximum absolute atomic E-state index is 12.4. The molecule has 0 atom stereocenters. The maximum Gasteiger partial charge on any atom is 0.244 e. The Bertz CT molecular complexity index is 536. The Morgan fingerprint density at radius 1 is 1.20 bits per heavy atom. The van der Waals surface area contributed by atoms with Crippen LogP contribution in [-0.4, -0.2) is 21.6 Å². The van der Waals surface area contributed by atoms with Crippen molar-refractivity contribution in [3.63, 3.8) is 0 Å². The van der Waals surface area contributed by atoms with Crippen LogP contribution in [0.15, 0.2) is 23.1 Å². The largest absolute Gasteiger partial charge is 0.492 e. The summed E-state index contributed by atoms with van der Waals surface area (Å²) in [6.45, 7) is 10.7. The van der Waals surface area contributed by atoms with E-state index in [0.717, 1.165) is 5.56 Å². The van der Waals surface area contributed by atoms with Crippen molar-refractivity contribution in [2.75, 3.05) is 13.2 Å². The van der Waals surface area contributed by atoms with Gasteiger partial charge in [0.2, 0.25) is 10.0 Å². The Labute approximate surface area is 122 Å². The zero-order valence-corrected chi connectivity index (χ0v) is 13.8. The van der Waals surface area contributed by atoms with Gasteiger partial charge in [-0.25, -0.2) is 13.1 Å². The summed E-state index contributed by atoms with van der Waals surface area (Å²) in [5, 5.41) is 0. The van der Waals surface area contributed by atoms with E-state index in [9.17, 15) is 8.42 Å². The fourth-order valence-electron chi connectivity index (χ4n) is 1.72. The molecular weight excluding hydrogens is 274 g/mol. The monoisotopic (exact) mass is 299 g/mol. The molecule has 1 aromatic carbocycles. The number of benzene rings is 1. The lowest BCUT2D eigenvalue weighted by atomic mass is 10.0. The number of hydrogen-bond donors (Lipinski definition) is 1. The molecule has 0 radical (unpaired) electrons. The molecule has 1 N–H and O–H groups in total. The zero-order chi connectivity index (χ0) is 15.3. The van der Waals surface area contributed by atoms with E-state index in [0.29, 0.717) is 18.9 Å². The second-order valence-corrected chi connectivity index (χ2v) is 7.28. The molecule has 0 heterocycles. The molecule has 0 saturated carbocycles. The van der Waals surface area contributed by atoms with Crippen LogP contribution in [0.25, 0.3) is 0 Å². The molecule has 4 nitrogen and oxygen atoms in total. The number of rotatable bonds is 7. The van der Waals surface area contributed by atoms with Gasteiger partial charge in [-0.15, -0.1) is 0 Å². The molecule has 0 aliphatic carbocycles.